The van der Waals surface area contributed by atoms with E-state index in [0.29, 0.717) is 0 Å². The molecule has 0 bridgehead atoms. The molecule has 0 atom stereocenters. The minimum absolute atomic E-state index is 0.0967. The van der Waals surface area contributed by atoms with Crippen LogP contribution < -0.4 is 11.1 Å². The molecule has 3 N–H and O–H groups in total. The number of aromatic nitrogens is 1. The fourth-order valence-electron chi connectivity index (χ4n) is 2.78. The van der Waals surface area contributed by atoms with Crippen molar-refractivity contribution < 1.29 is 4.79 Å². The van der Waals surface area contributed by atoms with Gasteiger partial charge in [-0.15, -0.1) is 0 Å². The van der Waals surface area contributed by atoms with Crippen LogP contribution >= 0.6 is 0 Å². The Balaban J connectivity index is 1.71. The lowest BCUT2D eigenvalue weighted by molar-refractivity contribution is -0.120. The normalized spacial score (nSPS) is 22.6. The number of benzene rings is 1. The van der Waals surface area contributed by atoms with E-state index in [-0.39, 0.29) is 17.9 Å². The van der Waals surface area contributed by atoms with Crippen molar-refractivity contribution in [3.8, 4) is 0 Å². The van der Waals surface area contributed by atoms with Crippen molar-refractivity contribution >= 4 is 22.5 Å². The Morgan fingerprint density at radius 3 is 2.80 bits per heavy atom. The summed E-state index contributed by atoms with van der Waals surface area (Å²) >= 11 is 0. The van der Waals surface area contributed by atoms with Crippen molar-refractivity contribution in [2.45, 2.75) is 31.7 Å². The summed E-state index contributed by atoms with van der Waals surface area (Å²) in [7, 11) is 0. The minimum atomic E-state index is 0.0967. The van der Waals surface area contributed by atoms with E-state index < -0.39 is 0 Å². The largest absolute Gasteiger partial charge is 0.328 e. The third kappa shape index (κ3) is 2.80. The molecule has 104 valence electrons. The summed E-state index contributed by atoms with van der Waals surface area (Å²) in [5, 5.41) is 4.05. The lowest BCUT2D eigenvalue weighted by atomic mass is 9.86. The summed E-state index contributed by atoms with van der Waals surface area (Å²) < 4.78 is 0. The molecular weight excluding hydrogens is 250 g/mol. The lowest BCUT2D eigenvalue weighted by Gasteiger charge is -2.25. The maximum absolute atomic E-state index is 12.2. The van der Waals surface area contributed by atoms with Gasteiger partial charge in [0.1, 0.15) is 0 Å². The van der Waals surface area contributed by atoms with Crippen molar-refractivity contribution in [1.82, 2.24) is 4.98 Å². The van der Waals surface area contributed by atoms with E-state index in [4.69, 9.17) is 5.73 Å². The Morgan fingerprint density at radius 2 is 2.00 bits per heavy atom. The number of hydrogen-bond donors (Lipinski definition) is 2. The number of nitrogens with one attached hydrogen (secondary N) is 1. The summed E-state index contributed by atoms with van der Waals surface area (Å²) in [4.78, 5) is 16.5. The van der Waals surface area contributed by atoms with Crippen LogP contribution in [-0.4, -0.2) is 16.9 Å². The average molecular weight is 269 g/mol. The second-order valence-corrected chi connectivity index (χ2v) is 5.51. The summed E-state index contributed by atoms with van der Waals surface area (Å²) in [5.74, 6) is 0.208. The molecule has 3 rings (SSSR count). The highest BCUT2D eigenvalue weighted by Gasteiger charge is 2.24. The predicted octanol–water partition coefficient (Wildman–Crippen LogP) is 2.69. The van der Waals surface area contributed by atoms with E-state index in [1.807, 2.05) is 30.3 Å². The summed E-state index contributed by atoms with van der Waals surface area (Å²) in [6.07, 6.45) is 5.44. The Hall–Kier alpha value is -1.94. The highest BCUT2D eigenvalue weighted by molar-refractivity contribution is 5.95. The molecule has 4 heteroatoms. The first kappa shape index (κ1) is 13.1. The van der Waals surface area contributed by atoms with E-state index in [2.05, 4.69) is 10.3 Å². The van der Waals surface area contributed by atoms with E-state index in [9.17, 15) is 4.79 Å². The number of anilines is 1. The topological polar surface area (TPSA) is 68.0 Å². The van der Waals surface area contributed by atoms with Gasteiger partial charge in [0.2, 0.25) is 5.91 Å². The van der Waals surface area contributed by atoms with Crippen LogP contribution in [0, 0.1) is 5.92 Å². The molecule has 0 aliphatic heterocycles. The van der Waals surface area contributed by atoms with Crippen LogP contribution in [-0.2, 0) is 4.79 Å². The fourth-order valence-corrected chi connectivity index (χ4v) is 2.78. The highest BCUT2D eigenvalue weighted by Crippen LogP contribution is 2.25. The monoisotopic (exact) mass is 269 g/mol. The van der Waals surface area contributed by atoms with Crippen LogP contribution in [0.2, 0.25) is 0 Å². The molecule has 1 aliphatic carbocycles. The number of pyridine rings is 1. The molecule has 0 unspecified atom stereocenters. The van der Waals surface area contributed by atoms with Gasteiger partial charge in [0.05, 0.1) is 5.52 Å². The number of carbonyl (C=O) groups is 1. The van der Waals surface area contributed by atoms with E-state index >= 15 is 0 Å². The van der Waals surface area contributed by atoms with Gasteiger partial charge >= 0.3 is 0 Å². The Morgan fingerprint density at radius 1 is 1.20 bits per heavy atom. The molecule has 2 aromatic rings. The maximum atomic E-state index is 12.2. The molecule has 0 spiro atoms. The van der Waals surface area contributed by atoms with Gasteiger partial charge in [0, 0.05) is 29.2 Å². The van der Waals surface area contributed by atoms with Gasteiger partial charge in [-0.05, 0) is 49.9 Å². The zero-order valence-electron chi connectivity index (χ0n) is 11.4. The number of hydrogen-bond acceptors (Lipinski definition) is 3. The number of fused-ring (bicyclic) bond motifs is 1. The van der Waals surface area contributed by atoms with Gasteiger partial charge in [-0.2, -0.15) is 0 Å². The molecule has 0 saturated heterocycles. The summed E-state index contributed by atoms with van der Waals surface area (Å²) in [6.45, 7) is 0. The zero-order chi connectivity index (χ0) is 13.9. The number of carbonyl (C=O) groups excluding carboxylic acids is 1. The molecule has 1 aromatic carbocycles. The Bertz CT molecular complexity index is 618. The van der Waals surface area contributed by atoms with Crippen molar-refractivity contribution in [3.05, 3.63) is 36.5 Å². The molecule has 1 fully saturated rings. The van der Waals surface area contributed by atoms with Crippen molar-refractivity contribution in [2.75, 3.05) is 5.32 Å². The first-order valence-electron chi connectivity index (χ1n) is 7.13. The maximum Gasteiger partial charge on any atom is 0.227 e. The number of nitrogens with two attached hydrogens (primary N) is 1. The first-order valence-corrected chi connectivity index (χ1v) is 7.13. The van der Waals surface area contributed by atoms with E-state index in [1.165, 1.54) is 0 Å². The smallest absolute Gasteiger partial charge is 0.227 e. The molecule has 20 heavy (non-hydrogen) atoms. The molecule has 1 aromatic heterocycles. The number of amides is 1. The SMILES string of the molecule is NC1CCC(C(=O)Nc2ccc3ncccc3c2)CC1. The van der Waals surface area contributed by atoms with Gasteiger partial charge in [0.15, 0.2) is 0 Å². The minimum Gasteiger partial charge on any atom is -0.328 e. The van der Waals surface area contributed by atoms with Crippen LogP contribution in [0.25, 0.3) is 10.9 Å². The van der Waals surface area contributed by atoms with Crippen LogP contribution in [0.4, 0.5) is 5.69 Å². The molecule has 1 heterocycles. The van der Waals surface area contributed by atoms with Crippen LogP contribution in [0.5, 0.6) is 0 Å². The van der Waals surface area contributed by atoms with Gasteiger partial charge in [-0.3, -0.25) is 9.78 Å². The van der Waals surface area contributed by atoms with Crippen LogP contribution in [0.15, 0.2) is 36.5 Å². The summed E-state index contributed by atoms with van der Waals surface area (Å²) in [5.41, 5.74) is 7.65. The fraction of sp³-hybridized carbons (Fsp3) is 0.375. The third-order valence-corrected chi connectivity index (χ3v) is 4.01. The predicted molar refractivity (Wildman–Crippen MR) is 80.3 cm³/mol. The summed E-state index contributed by atoms with van der Waals surface area (Å²) in [6, 6.07) is 9.97. The van der Waals surface area contributed by atoms with Crippen LogP contribution in [0.3, 0.4) is 0 Å². The Kier molecular flexibility index (Phi) is 3.65. The highest BCUT2D eigenvalue weighted by atomic mass is 16.1. The molecule has 1 saturated carbocycles. The average Bonchev–Trinajstić information content (AvgIpc) is 2.48. The van der Waals surface area contributed by atoms with Crippen molar-refractivity contribution in [1.29, 1.82) is 0 Å². The number of rotatable bonds is 2. The van der Waals surface area contributed by atoms with Gasteiger partial charge in [-0.25, -0.2) is 0 Å². The van der Waals surface area contributed by atoms with Crippen molar-refractivity contribution in [3.63, 3.8) is 0 Å². The first-order chi connectivity index (χ1) is 9.72. The standard InChI is InChI=1S/C16H19N3O/c17-13-5-3-11(4-6-13)16(20)19-14-7-8-15-12(10-14)2-1-9-18-15/h1-2,7-11,13H,3-6,17H2,(H,19,20). The van der Waals surface area contributed by atoms with Crippen molar-refractivity contribution in [2.24, 2.45) is 11.7 Å². The van der Waals surface area contributed by atoms with Gasteiger partial charge in [-0.1, -0.05) is 6.07 Å². The molecule has 1 aliphatic rings. The quantitative estimate of drug-likeness (QED) is 0.880. The van der Waals surface area contributed by atoms with Gasteiger partial charge in [0.25, 0.3) is 0 Å². The molecule has 0 radical (unpaired) electrons. The zero-order valence-corrected chi connectivity index (χ0v) is 11.4. The Labute approximate surface area is 118 Å². The number of nitrogens with zero attached hydrogens (tertiary/aromatic N) is 1. The molecule has 1 amide bonds. The van der Waals surface area contributed by atoms with E-state index in [1.54, 1.807) is 6.20 Å². The lowest BCUT2D eigenvalue weighted by Crippen LogP contribution is -2.32. The molecule has 4 nitrogen and oxygen atoms in total. The second-order valence-electron chi connectivity index (χ2n) is 5.51. The molecular formula is C16H19N3O. The van der Waals surface area contributed by atoms with Gasteiger partial charge < -0.3 is 11.1 Å². The van der Waals surface area contributed by atoms with E-state index in [0.717, 1.165) is 42.3 Å². The third-order valence-electron chi connectivity index (χ3n) is 4.01. The second kappa shape index (κ2) is 5.59. The van der Waals surface area contributed by atoms with Crippen LogP contribution in [0.1, 0.15) is 25.7 Å².